The largest absolute Gasteiger partial charge is 0.493 e. The first-order valence-electron chi connectivity index (χ1n) is 6.86. The van der Waals surface area contributed by atoms with Gasteiger partial charge in [0, 0.05) is 24.4 Å². The fourth-order valence-corrected chi connectivity index (χ4v) is 3.29. The predicted molar refractivity (Wildman–Crippen MR) is 73.0 cm³/mol. The van der Waals surface area contributed by atoms with Crippen molar-refractivity contribution in [2.24, 2.45) is 5.41 Å². The molecule has 0 saturated heterocycles. The number of nitrogens with one attached hydrogen (secondary N) is 2. The summed E-state index contributed by atoms with van der Waals surface area (Å²) >= 11 is 0. The Morgan fingerprint density at radius 3 is 2.83 bits per heavy atom. The average Bonchev–Trinajstić information content (AvgIpc) is 2.99. The molecule has 0 amide bonds. The van der Waals surface area contributed by atoms with Gasteiger partial charge in [-0.15, -0.1) is 0 Å². The van der Waals surface area contributed by atoms with E-state index >= 15 is 0 Å². The Balaban J connectivity index is 1.88. The van der Waals surface area contributed by atoms with Crippen molar-refractivity contribution < 1.29 is 4.74 Å². The number of ether oxygens (including phenoxy) is 1. The molecule has 0 radical (unpaired) electrons. The second kappa shape index (κ2) is 4.56. The van der Waals surface area contributed by atoms with Crippen LogP contribution in [0.2, 0.25) is 0 Å². The molecule has 1 aliphatic carbocycles. The van der Waals surface area contributed by atoms with E-state index in [0.717, 1.165) is 25.3 Å². The van der Waals surface area contributed by atoms with Crippen LogP contribution in [0.3, 0.4) is 0 Å². The molecular weight excluding hydrogens is 224 g/mol. The highest BCUT2D eigenvalue weighted by Crippen LogP contribution is 2.54. The summed E-state index contributed by atoms with van der Waals surface area (Å²) in [7, 11) is 4.12. The van der Waals surface area contributed by atoms with Crippen LogP contribution in [0.15, 0.2) is 18.2 Å². The summed E-state index contributed by atoms with van der Waals surface area (Å²) < 4.78 is 5.58. The molecule has 0 bridgehead atoms. The van der Waals surface area contributed by atoms with Gasteiger partial charge in [0.05, 0.1) is 6.61 Å². The van der Waals surface area contributed by atoms with Crippen molar-refractivity contribution >= 4 is 0 Å². The second-order valence-corrected chi connectivity index (χ2v) is 5.58. The smallest absolute Gasteiger partial charge is 0.122 e. The number of hydrogen-bond donors (Lipinski definition) is 2. The molecular formula is C15H22N2O. The summed E-state index contributed by atoms with van der Waals surface area (Å²) in [5.41, 5.74) is 3.19. The van der Waals surface area contributed by atoms with Crippen molar-refractivity contribution in [3.63, 3.8) is 0 Å². The Bertz CT molecular complexity index is 440. The monoisotopic (exact) mass is 246 g/mol. The number of fused-ring (bicyclic) bond motifs is 1. The predicted octanol–water partition coefficient (Wildman–Crippen LogP) is 1.88. The minimum Gasteiger partial charge on any atom is -0.493 e. The molecule has 1 saturated carbocycles. The number of benzene rings is 1. The summed E-state index contributed by atoms with van der Waals surface area (Å²) in [4.78, 5) is 0. The van der Waals surface area contributed by atoms with Gasteiger partial charge >= 0.3 is 0 Å². The third kappa shape index (κ3) is 1.91. The van der Waals surface area contributed by atoms with Crippen molar-refractivity contribution in [2.45, 2.75) is 25.3 Å². The molecule has 98 valence electrons. The molecule has 1 atom stereocenters. The highest BCUT2D eigenvalue weighted by molar-refractivity contribution is 5.41. The topological polar surface area (TPSA) is 33.3 Å². The van der Waals surface area contributed by atoms with Crippen LogP contribution in [0.5, 0.6) is 5.75 Å². The average molecular weight is 246 g/mol. The van der Waals surface area contributed by atoms with Crippen LogP contribution in [0.1, 0.15) is 30.0 Å². The van der Waals surface area contributed by atoms with Gasteiger partial charge < -0.3 is 15.4 Å². The van der Waals surface area contributed by atoms with E-state index < -0.39 is 0 Å². The fraction of sp³-hybridized carbons (Fsp3) is 0.600. The third-order valence-corrected chi connectivity index (χ3v) is 4.37. The lowest BCUT2D eigenvalue weighted by molar-refractivity contribution is 0.346. The van der Waals surface area contributed by atoms with Gasteiger partial charge in [0.1, 0.15) is 5.75 Å². The van der Waals surface area contributed by atoms with Crippen molar-refractivity contribution in [1.82, 2.24) is 10.6 Å². The van der Waals surface area contributed by atoms with Crippen LogP contribution in [0, 0.1) is 5.41 Å². The molecule has 3 nitrogen and oxygen atoms in total. The van der Waals surface area contributed by atoms with Gasteiger partial charge in [0.25, 0.3) is 0 Å². The minimum absolute atomic E-state index is 0.414. The van der Waals surface area contributed by atoms with Gasteiger partial charge in [-0.2, -0.15) is 0 Å². The maximum Gasteiger partial charge on any atom is 0.122 e. The summed E-state index contributed by atoms with van der Waals surface area (Å²) in [6.07, 6.45) is 3.68. The van der Waals surface area contributed by atoms with Gasteiger partial charge in [-0.3, -0.25) is 0 Å². The quantitative estimate of drug-likeness (QED) is 0.832. The zero-order chi connectivity index (χ0) is 12.6. The van der Waals surface area contributed by atoms with Crippen molar-refractivity contribution in [2.75, 3.05) is 27.2 Å². The Morgan fingerprint density at radius 1 is 1.33 bits per heavy atom. The van der Waals surface area contributed by atoms with Gasteiger partial charge in [-0.25, -0.2) is 0 Å². The second-order valence-electron chi connectivity index (χ2n) is 5.58. The normalized spacial score (nSPS) is 21.2. The molecule has 18 heavy (non-hydrogen) atoms. The van der Waals surface area contributed by atoms with Crippen LogP contribution in [0.25, 0.3) is 0 Å². The van der Waals surface area contributed by atoms with Gasteiger partial charge in [-0.05, 0) is 44.1 Å². The van der Waals surface area contributed by atoms with Crippen LogP contribution >= 0.6 is 0 Å². The SMILES string of the molecule is CNCC1(C(NC)c2ccc3c(c2)CCO3)CC1. The first kappa shape index (κ1) is 12.0. The van der Waals surface area contributed by atoms with Crippen molar-refractivity contribution in [1.29, 1.82) is 0 Å². The molecule has 1 fully saturated rings. The molecule has 1 aromatic carbocycles. The molecule has 1 unspecified atom stereocenters. The van der Waals surface area contributed by atoms with Crippen LogP contribution in [-0.2, 0) is 6.42 Å². The van der Waals surface area contributed by atoms with Gasteiger partial charge in [-0.1, -0.05) is 12.1 Å². The Morgan fingerprint density at radius 2 is 2.17 bits per heavy atom. The van der Waals surface area contributed by atoms with Crippen molar-refractivity contribution in [3.8, 4) is 5.75 Å². The van der Waals surface area contributed by atoms with Crippen LogP contribution < -0.4 is 15.4 Å². The van der Waals surface area contributed by atoms with Crippen LogP contribution in [0.4, 0.5) is 0 Å². The highest BCUT2D eigenvalue weighted by Gasteiger charge is 2.48. The van der Waals surface area contributed by atoms with Gasteiger partial charge in [0.15, 0.2) is 0 Å². The molecule has 1 heterocycles. The summed E-state index contributed by atoms with van der Waals surface area (Å²) in [5, 5.41) is 6.86. The number of rotatable bonds is 5. The van der Waals surface area contributed by atoms with E-state index in [4.69, 9.17) is 4.74 Å². The van der Waals surface area contributed by atoms with Crippen molar-refractivity contribution in [3.05, 3.63) is 29.3 Å². The molecule has 0 aromatic heterocycles. The van der Waals surface area contributed by atoms with E-state index in [1.54, 1.807) is 0 Å². The molecule has 3 rings (SSSR count). The zero-order valence-electron chi connectivity index (χ0n) is 11.3. The lowest BCUT2D eigenvalue weighted by Gasteiger charge is -2.27. The lowest BCUT2D eigenvalue weighted by Crippen LogP contribution is -2.33. The first-order valence-corrected chi connectivity index (χ1v) is 6.86. The fourth-order valence-electron chi connectivity index (χ4n) is 3.29. The standard InChI is InChI=1S/C15H22N2O/c1-16-10-15(6-7-15)14(17-2)12-3-4-13-11(9-12)5-8-18-13/h3-4,9,14,16-17H,5-8,10H2,1-2H3. The zero-order valence-corrected chi connectivity index (χ0v) is 11.3. The molecule has 1 aromatic rings. The van der Waals surface area contributed by atoms with E-state index in [0.29, 0.717) is 11.5 Å². The van der Waals surface area contributed by atoms with Gasteiger partial charge in [0.2, 0.25) is 0 Å². The lowest BCUT2D eigenvalue weighted by atomic mass is 9.89. The van der Waals surface area contributed by atoms with Crippen LogP contribution in [-0.4, -0.2) is 27.2 Å². The molecule has 1 aliphatic heterocycles. The molecule has 2 N–H and O–H groups in total. The Labute approximate surface area is 109 Å². The summed E-state index contributed by atoms with van der Waals surface area (Å²) in [6, 6.07) is 7.15. The maximum absolute atomic E-state index is 5.58. The maximum atomic E-state index is 5.58. The third-order valence-electron chi connectivity index (χ3n) is 4.37. The molecule has 0 spiro atoms. The highest BCUT2D eigenvalue weighted by atomic mass is 16.5. The number of hydrogen-bond acceptors (Lipinski definition) is 3. The summed E-state index contributed by atoms with van der Waals surface area (Å²) in [5.74, 6) is 1.08. The molecule has 3 heteroatoms. The van der Waals surface area contributed by atoms with E-state index in [1.807, 2.05) is 7.05 Å². The molecule has 2 aliphatic rings. The van der Waals surface area contributed by atoms with E-state index in [2.05, 4.69) is 35.9 Å². The van der Waals surface area contributed by atoms with E-state index in [9.17, 15) is 0 Å². The Kier molecular flexibility index (Phi) is 3.04. The minimum atomic E-state index is 0.414. The Hall–Kier alpha value is -1.06. The first-order chi connectivity index (χ1) is 8.79. The van der Waals surface area contributed by atoms with E-state index in [1.165, 1.54) is 24.0 Å². The summed E-state index contributed by atoms with van der Waals surface area (Å²) in [6.45, 7) is 1.93. The van der Waals surface area contributed by atoms with E-state index in [-0.39, 0.29) is 0 Å².